The Morgan fingerprint density at radius 2 is 1.85 bits per heavy atom. The molecule has 0 heterocycles. The molecule has 0 fully saturated rings. The fourth-order valence-electron chi connectivity index (χ4n) is 1.75. The normalized spacial score (nSPS) is 13.4. The average Bonchev–Trinajstić information content (AvgIpc) is 2.38. The molecule has 0 aromatic heterocycles. The third-order valence-corrected chi connectivity index (χ3v) is 5.09. The number of carboxylic acid groups (broad SMARTS) is 1. The fraction of sp³-hybridized carbons (Fsp3) is 0.500. The van der Waals surface area contributed by atoms with Gasteiger partial charge in [-0.3, -0.25) is 0 Å². The van der Waals surface area contributed by atoms with Gasteiger partial charge in [0.25, 0.3) is 0 Å². The predicted octanol–water partition coefficient (Wildman–Crippen LogP) is 2.19. The van der Waals surface area contributed by atoms with E-state index < -0.39 is 16.0 Å². The molecule has 0 bridgehead atoms. The lowest BCUT2D eigenvalue weighted by atomic mass is 10.1. The molecule has 0 aliphatic heterocycles. The average molecular weight is 299 g/mol. The summed E-state index contributed by atoms with van der Waals surface area (Å²) >= 11 is 0. The minimum absolute atomic E-state index is 0.111. The minimum atomic E-state index is -3.37. The lowest BCUT2D eigenvalue weighted by molar-refractivity contribution is 0.0697. The zero-order valence-corrected chi connectivity index (χ0v) is 12.9. The molecule has 1 unspecified atom stereocenters. The Morgan fingerprint density at radius 1 is 1.30 bits per heavy atom. The summed E-state index contributed by atoms with van der Waals surface area (Å²) in [6.45, 7) is 4.52. The number of benzene rings is 1. The molecule has 1 aromatic rings. The number of hydrogen-bond donors (Lipinski definition) is 1. The summed E-state index contributed by atoms with van der Waals surface area (Å²) in [7, 11) is -1.79. The van der Waals surface area contributed by atoms with Crippen LogP contribution in [0, 0.1) is 5.92 Å². The second kappa shape index (κ2) is 6.85. The van der Waals surface area contributed by atoms with Gasteiger partial charge >= 0.3 is 5.97 Å². The molecule has 1 atom stereocenters. The van der Waals surface area contributed by atoms with Crippen LogP contribution in [0.2, 0.25) is 0 Å². The number of carbonyl (C=O) groups is 1. The molecule has 0 amide bonds. The van der Waals surface area contributed by atoms with E-state index in [0.717, 1.165) is 6.42 Å². The summed E-state index contributed by atoms with van der Waals surface area (Å²) in [5, 5.41) is 8.80. The molecule has 0 saturated heterocycles. The topological polar surface area (TPSA) is 74.7 Å². The maximum atomic E-state index is 12.2. The van der Waals surface area contributed by atoms with Gasteiger partial charge < -0.3 is 5.11 Å². The Hall–Kier alpha value is -1.40. The lowest BCUT2D eigenvalue weighted by Gasteiger charge is -2.20. The second-order valence-corrected chi connectivity index (χ2v) is 7.13. The van der Waals surface area contributed by atoms with E-state index in [1.54, 1.807) is 7.05 Å². The molecule has 1 rings (SSSR count). The maximum Gasteiger partial charge on any atom is 0.335 e. The summed E-state index contributed by atoms with van der Waals surface area (Å²) in [5.74, 6) is -0.822. The summed E-state index contributed by atoms with van der Waals surface area (Å²) in [6, 6.07) is 5.92. The molecule has 0 saturated carbocycles. The van der Waals surface area contributed by atoms with E-state index in [9.17, 15) is 13.2 Å². The number of hydrogen-bond acceptors (Lipinski definition) is 3. The third kappa shape index (κ3) is 4.61. The van der Waals surface area contributed by atoms with E-state index >= 15 is 0 Å². The van der Waals surface area contributed by atoms with Crippen LogP contribution in [0.3, 0.4) is 0 Å². The molecule has 0 aliphatic carbocycles. The van der Waals surface area contributed by atoms with Crippen molar-refractivity contribution in [2.24, 2.45) is 5.92 Å². The molecular weight excluding hydrogens is 278 g/mol. The van der Waals surface area contributed by atoms with Crippen molar-refractivity contribution in [2.75, 3.05) is 13.6 Å². The highest BCUT2D eigenvalue weighted by Gasteiger charge is 2.20. The summed E-state index contributed by atoms with van der Waals surface area (Å²) in [5.41, 5.74) is 0.741. The summed E-state index contributed by atoms with van der Waals surface area (Å²) in [4.78, 5) is 10.7. The van der Waals surface area contributed by atoms with Gasteiger partial charge in [-0.15, -0.1) is 0 Å². The Morgan fingerprint density at radius 3 is 2.30 bits per heavy atom. The second-order valence-electron chi connectivity index (χ2n) is 5.05. The van der Waals surface area contributed by atoms with Crippen molar-refractivity contribution in [1.29, 1.82) is 0 Å². The van der Waals surface area contributed by atoms with Crippen molar-refractivity contribution in [1.82, 2.24) is 4.31 Å². The van der Waals surface area contributed by atoms with E-state index in [-0.39, 0.29) is 11.3 Å². The molecule has 0 spiro atoms. The highest BCUT2D eigenvalue weighted by Crippen LogP contribution is 2.13. The smallest absolute Gasteiger partial charge is 0.335 e. The van der Waals surface area contributed by atoms with Crippen molar-refractivity contribution < 1.29 is 18.3 Å². The Bertz CT molecular complexity index is 551. The standard InChI is InChI=1S/C14H21NO4S/c1-4-11(2)9-15(3)20(18,19)10-12-5-7-13(8-6-12)14(16)17/h5-8,11H,4,9-10H2,1-3H3,(H,16,17). The third-order valence-electron chi connectivity index (χ3n) is 3.29. The quantitative estimate of drug-likeness (QED) is 0.837. The van der Waals surface area contributed by atoms with Gasteiger partial charge in [0.15, 0.2) is 0 Å². The molecule has 6 heteroatoms. The Labute approximate surface area is 120 Å². The SMILES string of the molecule is CCC(C)CN(C)S(=O)(=O)Cc1ccc(C(=O)O)cc1. The van der Waals surface area contributed by atoms with Crippen LogP contribution in [0.5, 0.6) is 0 Å². The predicted molar refractivity (Wildman–Crippen MR) is 78.1 cm³/mol. The van der Waals surface area contributed by atoms with Gasteiger partial charge in [0.05, 0.1) is 11.3 Å². The molecule has 1 aromatic carbocycles. The van der Waals surface area contributed by atoms with Gasteiger partial charge in [-0.1, -0.05) is 32.4 Å². The number of nitrogens with zero attached hydrogens (tertiary/aromatic N) is 1. The van der Waals surface area contributed by atoms with Crippen molar-refractivity contribution in [3.8, 4) is 0 Å². The number of rotatable bonds is 7. The zero-order valence-electron chi connectivity index (χ0n) is 12.0. The van der Waals surface area contributed by atoms with Gasteiger partial charge in [-0.05, 0) is 23.6 Å². The highest BCUT2D eigenvalue weighted by molar-refractivity contribution is 7.88. The fourth-order valence-corrected chi connectivity index (χ4v) is 3.06. The Balaban J connectivity index is 2.77. The van der Waals surface area contributed by atoms with Gasteiger partial charge in [0.1, 0.15) is 0 Å². The van der Waals surface area contributed by atoms with Gasteiger partial charge in [0, 0.05) is 13.6 Å². The van der Waals surface area contributed by atoms with Crippen molar-refractivity contribution in [2.45, 2.75) is 26.0 Å². The van der Waals surface area contributed by atoms with Gasteiger partial charge in [-0.2, -0.15) is 0 Å². The minimum Gasteiger partial charge on any atom is -0.478 e. The van der Waals surface area contributed by atoms with Crippen LogP contribution in [0.1, 0.15) is 36.2 Å². The number of aromatic carboxylic acids is 1. The summed E-state index contributed by atoms with van der Waals surface area (Å²) in [6.07, 6.45) is 0.924. The maximum absolute atomic E-state index is 12.2. The number of carboxylic acids is 1. The van der Waals surface area contributed by atoms with E-state index in [0.29, 0.717) is 18.0 Å². The van der Waals surface area contributed by atoms with Crippen LogP contribution in [0.15, 0.2) is 24.3 Å². The molecule has 0 aliphatic rings. The van der Waals surface area contributed by atoms with Crippen molar-refractivity contribution in [3.05, 3.63) is 35.4 Å². The Kier molecular flexibility index (Phi) is 5.71. The van der Waals surface area contributed by atoms with Crippen LogP contribution < -0.4 is 0 Å². The number of sulfonamides is 1. The molecule has 0 radical (unpaired) electrons. The molecule has 112 valence electrons. The van der Waals surface area contributed by atoms with Crippen LogP contribution in [0.4, 0.5) is 0 Å². The monoisotopic (exact) mass is 299 g/mol. The summed E-state index contributed by atoms with van der Waals surface area (Å²) < 4.78 is 25.7. The molecule has 20 heavy (non-hydrogen) atoms. The van der Waals surface area contributed by atoms with Crippen LogP contribution in [-0.4, -0.2) is 37.4 Å². The zero-order chi connectivity index (χ0) is 15.3. The first-order valence-electron chi connectivity index (χ1n) is 6.52. The van der Waals surface area contributed by atoms with Gasteiger partial charge in [-0.25, -0.2) is 17.5 Å². The van der Waals surface area contributed by atoms with Crippen LogP contribution in [0.25, 0.3) is 0 Å². The highest BCUT2D eigenvalue weighted by atomic mass is 32.2. The van der Waals surface area contributed by atoms with Crippen molar-refractivity contribution in [3.63, 3.8) is 0 Å². The van der Waals surface area contributed by atoms with Gasteiger partial charge in [0.2, 0.25) is 10.0 Å². The van der Waals surface area contributed by atoms with E-state index in [1.165, 1.54) is 28.6 Å². The van der Waals surface area contributed by atoms with E-state index in [4.69, 9.17) is 5.11 Å². The first-order valence-corrected chi connectivity index (χ1v) is 8.13. The first kappa shape index (κ1) is 16.7. The van der Waals surface area contributed by atoms with Crippen LogP contribution in [-0.2, 0) is 15.8 Å². The molecular formula is C14H21NO4S. The van der Waals surface area contributed by atoms with Crippen LogP contribution >= 0.6 is 0 Å². The lowest BCUT2D eigenvalue weighted by Crippen LogP contribution is -2.32. The van der Waals surface area contributed by atoms with E-state index in [1.807, 2.05) is 13.8 Å². The van der Waals surface area contributed by atoms with E-state index in [2.05, 4.69) is 0 Å². The first-order chi connectivity index (χ1) is 9.26. The largest absolute Gasteiger partial charge is 0.478 e. The molecule has 5 nitrogen and oxygen atoms in total. The molecule has 1 N–H and O–H groups in total. The van der Waals surface area contributed by atoms with Crippen molar-refractivity contribution >= 4 is 16.0 Å².